The fourth-order valence-electron chi connectivity index (χ4n) is 1.91. The van der Waals surface area contributed by atoms with Crippen molar-refractivity contribution in [2.45, 2.75) is 0 Å². The molecule has 2 N–H and O–H groups in total. The van der Waals surface area contributed by atoms with Gasteiger partial charge >= 0.3 is 6.03 Å². The normalized spacial score (nSPS) is 10.1. The minimum atomic E-state index is -0.598. The van der Waals surface area contributed by atoms with E-state index in [0.29, 0.717) is 21.5 Å². The molecule has 0 spiro atoms. The minimum Gasteiger partial charge on any atom is -0.495 e. The second kappa shape index (κ2) is 8.29. The minimum absolute atomic E-state index is 0.176. The van der Waals surface area contributed by atoms with E-state index in [1.165, 1.54) is 38.4 Å². The Bertz CT molecular complexity index is 814. The number of nitrogens with one attached hydrogen (secondary N) is 2. The summed E-state index contributed by atoms with van der Waals surface area (Å²) in [5.41, 5.74) is 2.96. The number of rotatable bonds is 3. The molecular weight excluding hydrogens is 389 g/mol. The van der Waals surface area contributed by atoms with Crippen molar-refractivity contribution in [2.24, 2.45) is 0 Å². The number of carbonyl (C=O) groups excluding carboxylic acids is 2. The molecule has 2 aromatic carbocycles. The van der Waals surface area contributed by atoms with Crippen LogP contribution in [0.5, 0.6) is 5.75 Å². The number of carbonyl (C=O) groups is 2. The topological polar surface area (TPSA) is 70.7 Å². The number of hydrogen-bond acceptors (Lipinski definition) is 3. The number of ether oxygens (including phenoxy) is 1. The molecule has 0 aliphatic rings. The number of halogens is 3. The Kier molecular flexibility index (Phi) is 6.36. The maximum Gasteiger partial charge on any atom is 0.340 e. The van der Waals surface area contributed by atoms with Crippen LogP contribution >= 0.6 is 34.8 Å². The first-order chi connectivity index (χ1) is 11.8. The molecular formula is C16H14Cl3N3O3. The molecule has 0 bridgehead atoms. The molecule has 0 fully saturated rings. The number of hydrogen-bond donors (Lipinski definition) is 2. The van der Waals surface area contributed by atoms with E-state index < -0.39 is 11.9 Å². The molecule has 0 saturated heterocycles. The zero-order valence-corrected chi connectivity index (χ0v) is 15.5. The van der Waals surface area contributed by atoms with Crippen LogP contribution in [-0.2, 0) is 0 Å². The van der Waals surface area contributed by atoms with Crippen LogP contribution in [0.1, 0.15) is 10.4 Å². The highest BCUT2D eigenvalue weighted by Gasteiger charge is 2.17. The van der Waals surface area contributed by atoms with Crippen LogP contribution in [0.2, 0.25) is 15.1 Å². The second-order valence-electron chi connectivity index (χ2n) is 4.90. The van der Waals surface area contributed by atoms with Gasteiger partial charge in [-0.15, -0.1) is 0 Å². The molecule has 6 nitrogen and oxygen atoms in total. The SMILES string of the molecule is COc1ccc(Cl)cc1NC(=O)N(C)NC(=O)c1ccc(Cl)cc1Cl. The molecule has 2 aromatic rings. The third kappa shape index (κ3) is 4.92. The maximum atomic E-state index is 12.2. The van der Waals surface area contributed by atoms with Crippen LogP contribution in [0.25, 0.3) is 0 Å². The summed E-state index contributed by atoms with van der Waals surface area (Å²) < 4.78 is 5.15. The molecule has 132 valence electrons. The third-order valence-electron chi connectivity index (χ3n) is 3.15. The van der Waals surface area contributed by atoms with Crippen LogP contribution in [0, 0.1) is 0 Å². The van der Waals surface area contributed by atoms with Gasteiger partial charge in [0.1, 0.15) is 5.75 Å². The van der Waals surface area contributed by atoms with E-state index in [1.807, 2.05) is 0 Å². The van der Waals surface area contributed by atoms with E-state index >= 15 is 0 Å². The standard InChI is InChI=1S/C16H14Cl3N3O3/c1-22(21-15(23)11-5-3-9(17)7-12(11)19)16(24)20-13-8-10(18)4-6-14(13)25-2/h3-8H,1-2H3,(H,20,24)(H,21,23). The predicted octanol–water partition coefficient (Wildman–Crippen LogP) is 4.46. The van der Waals surface area contributed by atoms with Crippen molar-refractivity contribution in [2.75, 3.05) is 19.5 Å². The largest absolute Gasteiger partial charge is 0.495 e. The first-order valence-electron chi connectivity index (χ1n) is 6.96. The number of urea groups is 1. The van der Waals surface area contributed by atoms with E-state index in [0.717, 1.165) is 5.01 Å². The molecule has 2 rings (SSSR count). The Morgan fingerprint density at radius 3 is 2.32 bits per heavy atom. The summed E-state index contributed by atoms with van der Waals surface area (Å²) in [6.07, 6.45) is 0. The molecule has 3 amide bonds. The monoisotopic (exact) mass is 401 g/mol. The molecule has 0 aliphatic heterocycles. The van der Waals surface area contributed by atoms with Crippen LogP contribution in [0.15, 0.2) is 36.4 Å². The van der Waals surface area contributed by atoms with Gasteiger partial charge in [0.05, 0.1) is 23.4 Å². The Balaban J connectivity index is 2.07. The van der Waals surface area contributed by atoms with Gasteiger partial charge in [-0.05, 0) is 36.4 Å². The maximum absolute atomic E-state index is 12.2. The van der Waals surface area contributed by atoms with Gasteiger partial charge in [0.25, 0.3) is 5.91 Å². The Labute approximate surface area is 159 Å². The third-order valence-corrected chi connectivity index (χ3v) is 3.94. The molecule has 25 heavy (non-hydrogen) atoms. The molecule has 0 atom stereocenters. The lowest BCUT2D eigenvalue weighted by molar-refractivity contribution is 0.0862. The molecule has 0 radical (unpaired) electrons. The van der Waals surface area contributed by atoms with Crippen LogP contribution in [-0.4, -0.2) is 31.1 Å². The van der Waals surface area contributed by atoms with Crippen molar-refractivity contribution in [1.82, 2.24) is 10.4 Å². The van der Waals surface area contributed by atoms with Gasteiger partial charge < -0.3 is 10.1 Å². The summed E-state index contributed by atoms with van der Waals surface area (Å²) >= 11 is 17.7. The summed E-state index contributed by atoms with van der Waals surface area (Å²) in [6, 6.07) is 8.61. The van der Waals surface area contributed by atoms with E-state index in [4.69, 9.17) is 39.5 Å². The second-order valence-corrected chi connectivity index (χ2v) is 6.18. The number of nitrogens with zero attached hydrogens (tertiary/aromatic N) is 1. The molecule has 0 aromatic heterocycles. The average Bonchev–Trinajstić information content (AvgIpc) is 2.54. The summed E-state index contributed by atoms with van der Waals surface area (Å²) in [5.74, 6) is -0.129. The molecule has 0 unspecified atom stereocenters. The molecule has 0 aliphatic carbocycles. The van der Waals surface area contributed by atoms with Gasteiger partial charge in [-0.3, -0.25) is 10.2 Å². The van der Waals surface area contributed by atoms with Crippen LogP contribution in [0.4, 0.5) is 10.5 Å². The van der Waals surface area contributed by atoms with Crippen molar-refractivity contribution in [3.63, 3.8) is 0 Å². The van der Waals surface area contributed by atoms with E-state index in [9.17, 15) is 9.59 Å². The van der Waals surface area contributed by atoms with Crippen molar-refractivity contribution >= 4 is 52.4 Å². The van der Waals surface area contributed by atoms with Gasteiger partial charge in [-0.2, -0.15) is 0 Å². The van der Waals surface area contributed by atoms with E-state index in [2.05, 4.69) is 10.7 Å². The summed E-state index contributed by atoms with van der Waals surface area (Å²) in [7, 11) is 2.85. The average molecular weight is 403 g/mol. The molecule has 0 heterocycles. The van der Waals surface area contributed by atoms with Gasteiger partial charge in [-0.25, -0.2) is 9.80 Å². The molecule has 9 heteroatoms. The number of hydrazine groups is 1. The van der Waals surface area contributed by atoms with Gasteiger partial charge in [0.15, 0.2) is 0 Å². The summed E-state index contributed by atoms with van der Waals surface area (Å²) in [4.78, 5) is 24.5. The number of methoxy groups -OCH3 is 1. The van der Waals surface area contributed by atoms with Gasteiger partial charge in [0, 0.05) is 17.1 Å². The number of amides is 3. The summed E-state index contributed by atoms with van der Waals surface area (Å²) in [6.45, 7) is 0. The Hall–Kier alpha value is -2.15. The zero-order chi connectivity index (χ0) is 18.6. The van der Waals surface area contributed by atoms with E-state index in [1.54, 1.807) is 12.1 Å². The predicted molar refractivity (Wildman–Crippen MR) is 98.7 cm³/mol. The smallest absolute Gasteiger partial charge is 0.340 e. The number of benzene rings is 2. The van der Waals surface area contributed by atoms with Crippen molar-refractivity contribution in [1.29, 1.82) is 0 Å². The lowest BCUT2D eigenvalue weighted by Crippen LogP contribution is -2.45. The van der Waals surface area contributed by atoms with Crippen molar-refractivity contribution < 1.29 is 14.3 Å². The lowest BCUT2D eigenvalue weighted by Gasteiger charge is -2.20. The first kappa shape index (κ1) is 19.2. The van der Waals surface area contributed by atoms with Crippen LogP contribution in [0.3, 0.4) is 0 Å². The molecule has 0 saturated carbocycles. The Morgan fingerprint density at radius 2 is 1.68 bits per heavy atom. The first-order valence-corrected chi connectivity index (χ1v) is 8.09. The quantitative estimate of drug-likeness (QED) is 0.744. The van der Waals surface area contributed by atoms with Gasteiger partial charge in [-0.1, -0.05) is 34.8 Å². The van der Waals surface area contributed by atoms with E-state index in [-0.39, 0.29) is 10.6 Å². The zero-order valence-electron chi connectivity index (χ0n) is 13.3. The highest BCUT2D eigenvalue weighted by Crippen LogP contribution is 2.27. The fourth-order valence-corrected chi connectivity index (χ4v) is 2.58. The Morgan fingerprint density at radius 1 is 1.04 bits per heavy atom. The van der Waals surface area contributed by atoms with Gasteiger partial charge in [0.2, 0.25) is 0 Å². The van der Waals surface area contributed by atoms with Crippen molar-refractivity contribution in [3.05, 3.63) is 57.0 Å². The number of anilines is 1. The highest BCUT2D eigenvalue weighted by molar-refractivity contribution is 6.36. The summed E-state index contributed by atoms with van der Waals surface area (Å²) in [5, 5.41) is 4.58. The fraction of sp³-hybridized carbons (Fsp3) is 0.125. The van der Waals surface area contributed by atoms with Crippen LogP contribution < -0.4 is 15.5 Å². The van der Waals surface area contributed by atoms with Crippen molar-refractivity contribution in [3.8, 4) is 5.75 Å². The highest BCUT2D eigenvalue weighted by atomic mass is 35.5. The lowest BCUT2D eigenvalue weighted by atomic mass is 10.2.